The molecule has 0 unspecified atom stereocenters. The van der Waals surface area contributed by atoms with Gasteiger partial charge in [-0.1, -0.05) is 30.3 Å². The van der Waals surface area contributed by atoms with Gasteiger partial charge in [0.05, 0.1) is 28.8 Å². The number of halogens is 1. The Morgan fingerprint density at radius 3 is 2.28 bits per heavy atom. The zero-order valence-corrected chi connectivity index (χ0v) is 22.8. The quantitative estimate of drug-likeness (QED) is 0.347. The summed E-state index contributed by atoms with van der Waals surface area (Å²) in [6, 6.07) is 23.7. The number of ether oxygens (including phenoxy) is 2. The SMILES string of the molecule is Cl.O=c1c2cc(OCc3ccccc3)ccc2ncn1-c1ccc(N2CCC(OC3CCNCC3)CC2)cc1. The number of benzene rings is 3. The van der Waals surface area contributed by atoms with Crippen molar-refractivity contribution in [3.63, 3.8) is 0 Å². The van der Waals surface area contributed by atoms with E-state index >= 15 is 0 Å². The molecule has 0 bridgehead atoms. The van der Waals surface area contributed by atoms with Crippen LogP contribution in [-0.4, -0.2) is 47.9 Å². The Hall–Kier alpha value is -3.39. The molecule has 204 valence electrons. The summed E-state index contributed by atoms with van der Waals surface area (Å²) in [5.41, 5.74) is 3.60. The predicted octanol–water partition coefficient (Wildman–Crippen LogP) is 5.12. The van der Waals surface area contributed by atoms with Crippen molar-refractivity contribution in [1.82, 2.24) is 14.9 Å². The largest absolute Gasteiger partial charge is 0.489 e. The smallest absolute Gasteiger partial charge is 0.265 e. The highest BCUT2D eigenvalue weighted by Crippen LogP contribution is 2.25. The van der Waals surface area contributed by atoms with Crippen molar-refractivity contribution in [3.05, 3.63) is 95.0 Å². The van der Waals surface area contributed by atoms with Gasteiger partial charge in [-0.2, -0.15) is 0 Å². The van der Waals surface area contributed by atoms with E-state index in [9.17, 15) is 4.79 Å². The van der Waals surface area contributed by atoms with Crippen LogP contribution < -0.4 is 20.5 Å². The van der Waals surface area contributed by atoms with Crippen LogP contribution in [0.15, 0.2) is 83.9 Å². The first-order chi connectivity index (χ1) is 18.7. The number of fused-ring (bicyclic) bond motifs is 1. The molecule has 2 saturated heterocycles. The molecule has 0 amide bonds. The lowest BCUT2D eigenvalue weighted by atomic mass is 10.0. The van der Waals surface area contributed by atoms with E-state index in [0.29, 0.717) is 35.5 Å². The van der Waals surface area contributed by atoms with Crippen LogP contribution in [-0.2, 0) is 11.3 Å². The van der Waals surface area contributed by atoms with Gasteiger partial charge in [0.25, 0.3) is 5.56 Å². The Bertz CT molecular complexity index is 1410. The Kier molecular flexibility index (Phi) is 8.81. The summed E-state index contributed by atoms with van der Waals surface area (Å²) >= 11 is 0. The molecule has 2 aliphatic heterocycles. The second kappa shape index (κ2) is 12.6. The number of hydrogen-bond donors (Lipinski definition) is 1. The number of piperidine rings is 2. The summed E-state index contributed by atoms with van der Waals surface area (Å²) in [5.74, 6) is 0.654. The summed E-state index contributed by atoms with van der Waals surface area (Å²) in [6.07, 6.45) is 6.71. The Morgan fingerprint density at radius 2 is 1.54 bits per heavy atom. The molecule has 0 aliphatic carbocycles. The topological polar surface area (TPSA) is 68.6 Å². The molecule has 0 spiro atoms. The van der Waals surface area contributed by atoms with E-state index in [0.717, 1.165) is 63.1 Å². The number of rotatable bonds is 7. The van der Waals surface area contributed by atoms with Crippen molar-refractivity contribution in [2.75, 3.05) is 31.1 Å². The van der Waals surface area contributed by atoms with E-state index in [1.807, 2.05) is 54.6 Å². The van der Waals surface area contributed by atoms with Crippen LogP contribution in [0.2, 0.25) is 0 Å². The lowest BCUT2D eigenvalue weighted by Crippen LogP contribution is -2.40. The van der Waals surface area contributed by atoms with Crippen LogP contribution >= 0.6 is 12.4 Å². The standard InChI is InChI=1S/C31H34N4O3.ClH/c36-31-29-20-28(37-21-23-4-2-1-3-5-23)10-11-30(29)33-22-35(31)25-8-6-24(7-9-25)34-18-14-27(15-19-34)38-26-12-16-32-17-13-26;/h1-11,20,22,26-27,32H,12-19,21H2;1H. The number of anilines is 1. The highest BCUT2D eigenvalue weighted by atomic mass is 35.5. The van der Waals surface area contributed by atoms with Gasteiger partial charge in [-0.05, 0) is 86.8 Å². The highest BCUT2D eigenvalue weighted by Gasteiger charge is 2.24. The molecule has 0 atom stereocenters. The van der Waals surface area contributed by atoms with E-state index in [1.165, 1.54) is 5.69 Å². The molecule has 8 heteroatoms. The maximum absolute atomic E-state index is 13.4. The first-order valence-corrected chi connectivity index (χ1v) is 13.6. The Labute approximate surface area is 235 Å². The number of nitrogens with one attached hydrogen (secondary N) is 1. The maximum Gasteiger partial charge on any atom is 0.265 e. The van der Waals surface area contributed by atoms with Crippen LogP contribution in [0.25, 0.3) is 16.6 Å². The van der Waals surface area contributed by atoms with Crippen molar-refractivity contribution in [2.24, 2.45) is 0 Å². The fourth-order valence-corrected chi connectivity index (χ4v) is 5.39. The monoisotopic (exact) mass is 546 g/mol. The summed E-state index contributed by atoms with van der Waals surface area (Å²) in [7, 11) is 0. The Morgan fingerprint density at radius 1 is 0.846 bits per heavy atom. The van der Waals surface area contributed by atoms with Crippen LogP contribution in [0.1, 0.15) is 31.2 Å². The summed E-state index contributed by atoms with van der Waals surface area (Å²) in [6.45, 7) is 4.55. The highest BCUT2D eigenvalue weighted by molar-refractivity contribution is 5.85. The zero-order valence-electron chi connectivity index (χ0n) is 22.0. The van der Waals surface area contributed by atoms with Crippen molar-refractivity contribution in [1.29, 1.82) is 0 Å². The third-order valence-electron chi connectivity index (χ3n) is 7.58. The van der Waals surface area contributed by atoms with Gasteiger partial charge < -0.3 is 19.7 Å². The van der Waals surface area contributed by atoms with E-state index in [1.54, 1.807) is 17.0 Å². The molecule has 6 rings (SSSR count). The van der Waals surface area contributed by atoms with Gasteiger partial charge in [0.2, 0.25) is 0 Å². The number of aromatic nitrogens is 2. The van der Waals surface area contributed by atoms with Crippen molar-refractivity contribution in [2.45, 2.75) is 44.5 Å². The molecule has 2 aliphatic rings. The molecule has 1 N–H and O–H groups in total. The lowest BCUT2D eigenvalue weighted by Gasteiger charge is -2.36. The molecule has 3 aromatic carbocycles. The molecular weight excluding hydrogens is 512 g/mol. The van der Waals surface area contributed by atoms with Gasteiger partial charge in [-0.15, -0.1) is 12.4 Å². The zero-order chi connectivity index (χ0) is 25.7. The molecular formula is C31H35ClN4O3. The summed E-state index contributed by atoms with van der Waals surface area (Å²) < 4.78 is 13.9. The molecule has 4 aromatic rings. The van der Waals surface area contributed by atoms with E-state index in [-0.39, 0.29) is 18.0 Å². The van der Waals surface area contributed by atoms with Crippen LogP contribution in [0.4, 0.5) is 5.69 Å². The molecule has 2 fully saturated rings. The second-order valence-electron chi connectivity index (χ2n) is 10.2. The lowest BCUT2D eigenvalue weighted by molar-refractivity contribution is -0.0363. The predicted molar refractivity (Wildman–Crippen MR) is 158 cm³/mol. The van der Waals surface area contributed by atoms with E-state index in [2.05, 4.69) is 27.3 Å². The third kappa shape index (κ3) is 6.44. The minimum Gasteiger partial charge on any atom is -0.489 e. The third-order valence-corrected chi connectivity index (χ3v) is 7.58. The maximum atomic E-state index is 13.4. The van der Waals surface area contributed by atoms with Crippen molar-refractivity contribution >= 4 is 29.0 Å². The van der Waals surface area contributed by atoms with Crippen molar-refractivity contribution in [3.8, 4) is 11.4 Å². The minimum absolute atomic E-state index is 0. The van der Waals surface area contributed by atoms with Gasteiger partial charge in [0.1, 0.15) is 18.7 Å². The first-order valence-electron chi connectivity index (χ1n) is 13.6. The summed E-state index contributed by atoms with van der Waals surface area (Å²) in [5, 5.41) is 3.94. The fourth-order valence-electron chi connectivity index (χ4n) is 5.39. The van der Waals surface area contributed by atoms with Crippen LogP contribution in [0.5, 0.6) is 5.75 Å². The van der Waals surface area contributed by atoms with Gasteiger partial charge >= 0.3 is 0 Å². The first kappa shape index (κ1) is 27.2. The van der Waals surface area contributed by atoms with Crippen LogP contribution in [0.3, 0.4) is 0 Å². The molecule has 39 heavy (non-hydrogen) atoms. The molecule has 0 radical (unpaired) electrons. The number of nitrogens with zero attached hydrogens (tertiary/aromatic N) is 3. The average Bonchev–Trinajstić information content (AvgIpc) is 2.98. The minimum atomic E-state index is -0.108. The van der Waals surface area contributed by atoms with Gasteiger partial charge in [-0.25, -0.2) is 4.98 Å². The fraction of sp³-hybridized carbons (Fsp3) is 0.355. The van der Waals surface area contributed by atoms with Gasteiger partial charge in [0.15, 0.2) is 0 Å². The molecule has 7 nitrogen and oxygen atoms in total. The molecule has 1 aromatic heterocycles. The van der Waals surface area contributed by atoms with Crippen LogP contribution in [0, 0.1) is 0 Å². The normalized spacial score (nSPS) is 16.7. The Balaban J connectivity index is 0.00000308. The van der Waals surface area contributed by atoms with E-state index < -0.39 is 0 Å². The molecule has 0 saturated carbocycles. The second-order valence-corrected chi connectivity index (χ2v) is 10.2. The molecule has 3 heterocycles. The average molecular weight is 547 g/mol. The summed E-state index contributed by atoms with van der Waals surface area (Å²) in [4.78, 5) is 20.3. The van der Waals surface area contributed by atoms with E-state index in [4.69, 9.17) is 9.47 Å². The van der Waals surface area contributed by atoms with Gasteiger partial charge in [0, 0.05) is 18.8 Å². The number of hydrogen-bond acceptors (Lipinski definition) is 6. The van der Waals surface area contributed by atoms with Gasteiger partial charge in [-0.3, -0.25) is 9.36 Å². The van der Waals surface area contributed by atoms with Crippen molar-refractivity contribution < 1.29 is 9.47 Å².